The second-order valence-corrected chi connectivity index (χ2v) is 22.1. The third-order valence-corrected chi connectivity index (χ3v) is 15.6. The summed E-state index contributed by atoms with van der Waals surface area (Å²) in [6.45, 7) is 8.86. The molecule has 2 atom stereocenters. The van der Waals surface area contributed by atoms with E-state index in [1.54, 1.807) is 60.0 Å². The van der Waals surface area contributed by atoms with Crippen molar-refractivity contribution in [1.82, 2.24) is 5.06 Å². The van der Waals surface area contributed by atoms with E-state index >= 15 is 0 Å². The van der Waals surface area contributed by atoms with Crippen LogP contribution < -0.4 is 28.7 Å². The van der Waals surface area contributed by atoms with Gasteiger partial charge in [0.25, 0.3) is 23.6 Å². The number of carbonyl (C=O) groups is 5. The Morgan fingerprint density at radius 2 is 1.13 bits per heavy atom. The molecular weight excluding hydrogens is 975 g/mol. The van der Waals surface area contributed by atoms with E-state index in [-0.39, 0.29) is 61.1 Å². The van der Waals surface area contributed by atoms with Crippen molar-refractivity contribution >= 4 is 76.5 Å². The number of amides is 4. The normalized spacial score (nSPS) is 17.4. The zero-order valence-corrected chi connectivity index (χ0v) is 43.7. The number of hydroxylamine groups is 2. The summed E-state index contributed by atoms with van der Waals surface area (Å²) in [6.07, 6.45) is 6.12. The quantitative estimate of drug-likeness (QED) is 0.0717. The predicted octanol–water partition coefficient (Wildman–Crippen LogP) is 10.0. The Labute approximate surface area is 439 Å². The van der Waals surface area contributed by atoms with Crippen molar-refractivity contribution in [3.8, 4) is 23.0 Å². The maximum Gasteiger partial charge on any atom is 0.333 e. The van der Waals surface area contributed by atoms with Gasteiger partial charge in [0.2, 0.25) is 0 Å². The molecule has 1 saturated heterocycles. The van der Waals surface area contributed by atoms with Gasteiger partial charge in [-0.25, -0.2) is 4.79 Å². The number of para-hydroxylation sites is 2. The van der Waals surface area contributed by atoms with Gasteiger partial charge in [-0.1, -0.05) is 62.4 Å². The van der Waals surface area contributed by atoms with Crippen LogP contribution in [0.15, 0.2) is 101 Å². The lowest BCUT2D eigenvalue weighted by molar-refractivity contribution is -0.198. The van der Waals surface area contributed by atoms with E-state index in [1.165, 1.54) is 0 Å². The maximum atomic E-state index is 14.1. The number of hydrogen-bond donors (Lipinski definition) is 0. The molecule has 0 bridgehead atoms. The van der Waals surface area contributed by atoms with Gasteiger partial charge in [-0.3, -0.25) is 39.0 Å². The average Bonchev–Trinajstić information content (AvgIpc) is 4.03. The molecule has 0 spiro atoms. The van der Waals surface area contributed by atoms with Crippen LogP contribution in [0.4, 0.5) is 22.7 Å². The highest BCUT2D eigenvalue weighted by atomic mass is 32.2. The molecule has 5 heterocycles. The van der Waals surface area contributed by atoms with Gasteiger partial charge < -0.3 is 28.5 Å². The van der Waals surface area contributed by atoms with E-state index in [2.05, 4.69) is 26.0 Å². The SMILES string of the molecule is COc1cc2c(cc1OCc1cc(COc3cc4c(cc3OC)C(=O)N3c5ccccc5C[C@H]3C=N4)cc(CSC(C)(C)CCOC(C)(C)CCC(=O)ON3C(=O)CCC3=O)c1)N=C[C@@H]1Cc3ccccc3N1C2=O. The van der Waals surface area contributed by atoms with Gasteiger partial charge in [0.15, 0.2) is 23.0 Å². The van der Waals surface area contributed by atoms with Gasteiger partial charge >= 0.3 is 5.97 Å². The summed E-state index contributed by atoms with van der Waals surface area (Å²) < 4.78 is 30.8. The molecule has 16 nitrogen and oxygen atoms in total. The molecule has 4 amide bonds. The molecule has 0 radical (unpaired) electrons. The number of rotatable bonds is 19. The first-order valence-corrected chi connectivity index (χ1v) is 26.1. The fourth-order valence-electron chi connectivity index (χ4n) is 9.99. The molecule has 0 aliphatic carbocycles. The standard InChI is InChI=1S/C58H59N5O11S/c1-57(2,18-17-54(66)74-63-52(64)15-16-53(63)65)73-20-19-58(3,4)75-34-37-22-35(32-71-50-28-44-42(26-48(50)69-5)55(67)61-40(30-59-44)24-38-11-7-9-13-46(38)61)21-36(23-37)33-72-51-29-45-43(27-49(51)70-6)56(68)62-41(31-60-45)25-39-12-8-10-14-47(39)62/h7-14,21-23,26-31,40-41H,15-20,24-25,32-34H2,1-6H3/t40-,41-/m0/s1. The van der Waals surface area contributed by atoms with Crippen molar-refractivity contribution in [3.05, 3.63) is 130 Å². The average molecular weight is 1030 g/mol. The Bertz CT molecular complexity index is 2990. The third-order valence-electron chi connectivity index (χ3n) is 14.1. The first-order valence-electron chi connectivity index (χ1n) is 25.1. The Kier molecular flexibility index (Phi) is 14.3. The molecule has 0 unspecified atom stereocenters. The summed E-state index contributed by atoms with van der Waals surface area (Å²) in [5.41, 5.74) is 7.90. The van der Waals surface area contributed by atoms with Crippen molar-refractivity contribution in [2.45, 2.75) is 114 Å². The van der Waals surface area contributed by atoms with Crippen LogP contribution in [0, 0.1) is 0 Å². The maximum absolute atomic E-state index is 14.1. The number of imide groups is 1. The van der Waals surface area contributed by atoms with E-state index in [0.717, 1.165) is 39.2 Å². The second kappa shape index (κ2) is 21.0. The van der Waals surface area contributed by atoms with Gasteiger partial charge in [-0.15, -0.1) is 5.06 Å². The first kappa shape index (κ1) is 51.0. The lowest BCUT2D eigenvalue weighted by atomic mass is 10.0. The number of benzene rings is 5. The Balaban J connectivity index is 0.850. The summed E-state index contributed by atoms with van der Waals surface area (Å²) in [6, 6.07) is 28.6. The number of carbonyl (C=O) groups excluding carboxylic acids is 5. The smallest absolute Gasteiger partial charge is 0.333 e. The number of hydrogen-bond acceptors (Lipinski definition) is 14. The number of methoxy groups -OCH3 is 2. The van der Waals surface area contributed by atoms with Crippen LogP contribution in [0.3, 0.4) is 0 Å². The molecule has 5 aromatic rings. The first-order chi connectivity index (χ1) is 36.1. The lowest BCUT2D eigenvalue weighted by Crippen LogP contribution is -2.37. The fourth-order valence-corrected chi connectivity index (χ4v) is 10.9. The van der Waals surface area contributed by atoms with Gasteiger partial charge in [0.1, 0.15) is 13.2 Å². The highest BCUT2D eigenvalue weighted by molar-refractivity contribution is 7.99. The number of ether oxygens (including phenoxy) is 5. The number of nitrogens with zero attached hydrogens (tertiary/aromatic N) is 5. The second-order valence-electron chi connectivity index (χ2n) is 20.4. The number of aliphatic imine (C=N–C) groups is 2. The van der Waals surface area contributed by atoms with Crippen LogP contribution in [0.5, 0.6) is 23.0 Å². The Morgan fingerprint density at radius 1 is 0.640 bits per heavy atom. The van der Waals surface area contributed by atoms with E-state index in [0.29, 0.717) is 88.6 Å². The number of fused-ring (bicyclic) bond motifs is 8. The van der Waals surface area contributed by atoms with E-state index in [4.69, 9.17) is 38.5 Å². The molecule has 10 rings (SSSR count). The minimum absolute atomic E-state index is 0.0166. The molecule has 5 aliphatic heterocycles. The van der Waals surface area contributed by atoms with Gasteiger partial charge in [-0.2, -0.15) is 11.8 Å². The van der Waals surface area contributed by atoms with Crippen molar-refractivity contribution in [2.24, 2.45) is 9.98 Å². The minimum atomic E-state index is -0.669. The molecule has 0 aromatic heterocycles. The topological polar surface area (TPSA) is 175 Å². The zero-order chi connectivity index (χ0) is 52.6. The monoisotopic (exact) mass is 1030 g/mol. The number of thioether (sulfide) groups is 1. The van der Waals surface area contributed by atoms with Gasteiger partial charge in [0, 0.05) is 78.7 Å². The van der Waals surface area contributed by atoms with Crippen LogP contribution in [-0.2, 0) is 55.8 Å². The molecule has 5 aromatic carbocycles. The highest BCUT2D eigenvalue weighted by Crippen LogP contribution is 2.44. The minimum Gasteiger partial charge on any atom is -0.493 e. The molecule has 388 valence electrons. The summed E-state index contributed by atoms with van der Waals surface area (Å²) >= 11 is 1.77. The van der Waals surface area contributed by atoms with E-state index < -0.39 is 23.4 Å². The largest absolute Gasteiger partial charge is 0.493 e. The molecular formula is C58H59N5O11S. The molecule has 75 heavy (non-hydrogen) atoms. The van der Waals surface area contributed by atoms with Gasteiger partial charge in [0.05, 0.1) is 60.8 Å². The van der Waals surface area contributed by atoms with Crippen molar-refractivity contribution < 1.29 is 52.5 Å². The van der Waals surface area contributed by atoms with Crippen molar-refractivity contribution in [2.75, 3.05) is 30.6 Å². The van der Waals surface area contributed by atoms with Crippen LogP contribution in [0.1, 0.15) is 108 Å². The molecule has 0 N–H and O–H groups in total. The number of anilines is 2. The van der Waals surface area contributed by atoms with Crippen LogP contribution >= 0.6 is 11.8 Å². The molecule has 17 heteroatoms. The summed E-state index contributed by atoms with van der Waals surface area (Å²) in [7, 11) is 3.10. The third kappa shape index (κ3) is 10.9. The summed E-state index contributed by atoms with van der Waals surface area (Å²) in [5.74, 6) is 0.330. The summed E-state index contributed by atoms with van der Waals surface area (Å²) in [4.78, 5) is 82.8. The summed E-state index contributed by atoms with van der Waals surface area (Å²) in [5, 5.41) is 0.566. The van der Waals surface area contributed by atoms with Crippen molar-refractivity contribution in [3.63, 3.8) is 0 Å². The zero-order valence-electron chi connectivity index (χ0n) is 42.9. The predicted molar refractivity (Wildman–Crippen MR) is 285 cm³/mol. The molecule has 1 fully saturated rings. The van der Waals surface area contributed by atoms with Crippen molar-refractivity contribution in [1.29, 1.82) is 0 Å². The van der Waals surface area contributed by atoms with Crippen LogP contribution in [0.25, 0.3) is 0 Å². The van der Waals surface area contributed by atoms with E-state index in [1.807, 2.05) is 80.9 Å². The molecule has 0 saturated carbocycles. The highest BCUT2D eigenvalue weighted by Gasteiger charge is 2.39. The lowest BCUT2D eigenvalue weighted by Gasteiger charge is -2.29. The van der Waals surface area contributed by atoms with Crippen LogP contribution in [0.2, 0.25) is 0 Å². The van der Waals surface area contributed by atoms with Crippen LogP contribution in [-0.4, -0.2) is 90.3 Å². The Morgan fingerprint density at radius 3 is 1.64 bits per heavy atom. The fraction of sp³-hybridized carbons (Fsp3) is 0.362. The van der Waals surface area contributed by atoms with E-state index in [9.17, 15) is 24.0 Å². The Hall–Kier alpha value is -7.50. The van der Waals surface area contributed by atoms with Gasteiger partial charge in [-0.05, 0) is 84.8 Å². The molecule has 5 aliphatic rings.